The molecule has 1 heterocycles. The first-order chi connectivity index (χ1) is 9.49. The molecule has 2 N–H and O–H groups in total. The minimum Gasteiger partial charge on any atom is -0.370 e. The van der Waals surface area contributed by atoms with Gasteiger partial charge in [0.15, 0.2) is 0 Å². The highest BCUT2D eigenvalue weighted by molar-refractivity contribution is 4.92. The zero-order valence-electron chi connectivity index (χ0n) is 13.8. The van der Waals surface area contributed by atoms with Crippen LogP contribution >= 0.6 is 0 Å². The highest BCUT2D eigenvalue weighted by Gasteiger charge is 2.41. The average molecular weight is 282 g/mol. The first-order valence-electron chi connectivity index (χ1n) is 8.59. The molecule has 0 bridgehead atoms. The Morgan fingerprint density at radius 1 is 1.20 bits per heavy atom. The second kappa shape index (κ2) is 6.76. The Balaban J connectivity index is 1.83. The van der Waals surface area contributed by atoms with Gasteiger partial charge in [-0.2, -0.15) is 0 Å². The number of nitrogens with two attached hydrogens (primary N) is 1. The molecule has 20 heavy (non-hydrogen) atoms. The lowest BCUT2D eigenvalue weighted by molar-refractivity contribution is -0.0731. The molecule has 1 spiro atoms. The summed E-state index contributed by atoms with van der Waals surface area (Å²) in [5.74, 6) is 0. The zero-order chi connectivity index (χ0) is 14.6. The van der Waals surface area contributed by atoms with Gasteiger partial charge in [-0.15, -0.1) is 0 Å². The summed E-state index contributed by atoms with van der Waals surface area (Å²) in [6.07, 6.45) is 9.71. The quantitative estimate of drug-likeness (QED) is 0.813. The topological polar surface area (TPSA) is 38.5 Å². The molecule has 0 aromatic rings. The van der Waals surface area contributed by atoms with Gasteiger partial charge >= 0.3 is 0 Å². The van der Waals surface area contributed by atoms with E-state index in [1.165, 1.54) is 44.9 Å². The van der Waals surface area contributed by atoms with E-state index in [0.717, 1.165) is 26.2 Å². The molecule has 2 rings (SSSR count). The zero-order valence-corrected chi connectivity index (χ0v) is 13.8. The molecular weight excluding hydrogens is 248 g/mol. The van der Waals surface area contributed by atoms with Crippen molar-refractivity contribution in [2.24, 2.45) is 11.1 Å². The van der Waals surface area contributed by atoms with E-state index in [1.54, 1.807) is 0 Å². The van der Waals surface area contributed by atoms with Crippen molar-refractivity contribution in [1.82, 2.24) is 4.90 Å². The third kappa shape index (κ3) is 4.19. The van der Waals surface area contributed by atoms with Gasteiger partial charge < -0.3 is 15.4 Å². The summed E-state index contributed by atoms with van der Waals surface area (Å²) in [6.45, 7) is 10.8. The lowest BCUT2D eigenvalue weighted by atomic mass is 9.83. The van der Waals surface area contributed by atoms with Gasteiger partial charge in [-0.3, -0.25) is 0 Å². The van der Waals surface area contributed by atoms with Crippen LogP contribution in [0.25, 0.3) is 0 Å². The van der Waals surface area contributed by atoms with Crippen LogP contribution in [0.2, 0.25) is 0 Å². The van der Waals surface area contributed by atoms with Crippen molar-refractivity contribution in [2.45, 2.75) is 77.4 Å². The van der Waals surface area contributed by atoms with Crippen molar-refractivity contribution in [1.29, 1.82) is 0 Å². The summed E-state index contributed by atoms with van der Waals surface area (Å²) in [5, 5.41) is 0. The molecule has 2 fully saturated rings. The van der Waals surface area contributed by atoms with E-state index in [9.17, 15) is 0 Å². The lowest BCUT2D eigenvalue weighted by Crippen LogP contribution is -2.42. The molecule has 0 amide bonds. The molecule has 3 heteroatoms. The molecule has 1 atom stereocenters. The van der Waals surface area contributed by atoms with Gasteiger partial charge in [-0.05, 0) is 44.2 Å². The molecule has 3 nitrogen and oxygen atoms in total. The van der Waals surface area contributed by atoms with Crippen molar-refractivity contribution in [2.75, 3.05) is 26.2 Å². The first kappa shape index (κ1) is 16.3. The summed E-state index contributed by atoms with van der Waals surface area (Å²) in [4.78, 5) is 2.53. The van der Waals surface area contributed by atoms with Gasteiger partial charge in [0.05, 0.1) is 11.7 Å². The van der Waals surface area contributed by atoms with Gasteiger partial charge in [0.2, 0.25) is 0 Å². The van der Waals surface area contributed by atoms with Crippen LogP contribution in [-0.2, 0) is 4.74 Å². The highest BCUT2D eigenvalue weighted by Crippen LogP contribution is 2.42. The Morgan fingerprint density at radius 2 is 1.90 bits per heavy atom. The second-order valence-corrected chi connectivity index (χ2v) is 7.72. The molecule has 0 aromatic carbocycles. The summed E-state index contributed by atoms with van der Waals surface area (Å²) >= 11 is 0. The van der Waals surface area contributed by atoms with Crippen LogP contribution in [-0.4, -0.2) is 42.8 Å². The van der Waals surface area contributed by atoms with Gasteiger partial charge in [0.1, 0.15) is 0 Å². The van der Waals surface area contributed by atoms with Crippen LogP contribution in [0, 0.1) is 5.41 Å². The van der Waals surface area contributed by atoms with E-state index < -0.39 is 0 Å². The maximum atomic E-state index is 6.50. The van der Waals surface area contributed by atoms with Crippen molar-refractivity contribution < 1.29 is 4.74 Å². The monoisotopic (exact) mass is 282 g/mol. The predicted octanol–water partition coefficient (Wildman–Crippen LogP) is 3.18. The largest absolute Gasteiger partial charge is 0.370 e. The number of hydrogen-bond donors (Lipinski definition) is 1. The summed E-state index contributed by atoms with van der Waals surface area (Å²) in [6, 6.07) is 0. The van der Waals surface area contributed by atoms with E-state index in [0.29, 0.717) is 6.10 Å². The Morgan fingerprint density at radius 3 is 2.50 bits per heavy atom. The molecular formula is C17H34N2O. The smallest absolute Gasteiger partial charge is 0.0710 e. The number of likely N-dealkylation sites (N-methyl/N-ethyl adjacent to an activating group) is 1. The molecule has 0 radical (unpaired) electrons. The van der Waals surface area contributed by atoms with Crippen molar-refractivity contribution >= 4 is 0 Å². The molecule has 1 unspecified atom stereocenters. The Kier molecular flexibility index (Phi) is 5.49. The summed E-state index contributed by atoms with van der Waals surface area (Å²) in [7, 11) is 0. The summed E-state index contributed by atoms with van der Waals surface area (Å²) in [5.41, 5.74) is 6.33. The van der Waals surface area contributed by atoms with Crippen LogP contribution in [0.5, 0.6) is 0 Å². The minimum atomic E-state index is 0.205. The Bertz CT molecular complexity index is 297. The standard InChI is InChI=1S/C17H34N2O/c1-4-19(14-16(2,3)13-18)12-15-8-11-17(20-15)9-6-5-7-10-17/h15H,4-14,18H2,1-3H3. The normalized spacial score (nSPS) is 26.6. The fourth-order valence-electron chi connectivity index (χ4n) is 3.85. The Labute approximate surface area is 125 Å². The maximum absolute atomic E-state index is 6.50. The van der Waals surface area contributed by atoms with Crippen LogP contribution in [0.15, 0.2) is 0 Å². The molecule has 0 aromatic heterocycles. The molecule has 1 aliphatic carbocycles. The van der Waals surface area contributed by atoms with Crippen LogP contribution in [0.3, 0.4) is 0 Å². The number of rotatable bonds is 6. The predicted molar refractivity (Wildman–Crippen MR) is 84.9 cm³/mol. The SMILES string of the molecule is CCN(CC1CCC2(CCCCC2)O1)CC(C)(C)CN. The molecule has 1 aliphatic heterocycles. The molecule has 1 saturated carbocycles. The summed E-state index contributed by atoms with van der Waals surface area (Å²) < 4.78 is 6.50. The van der Waals surface area contributed by atoms with Gasteiger partial charge in [0, 0.05) is 13.1 Å². The van der Waals surface area contributed by atoms with E-state index in [1.807, 2.05) is 0 Å². The fraction of sp³-hybridized carbons (Fsp3) is 1.00. The number of nitrogens with zero attached hydrogens (tertiary/aromatic N) is 1. The third-order valence-corrected chi connectivity index (χ3v) is 5.22. The lowest BCUT2D eigenvalue weighted by Gasteiger charge is -2.35. The molecule has 1 saturated heterocycles. The van der Waals surface area contributed by atoms with Crippen LogP contribution in [0.4, 0.5) is 0 Å². The van der Waals surface area contributed by atoms with E-state index in [-0.39, 0.29) is 11.0 Å². The van der Waals surface area contributed by atoms with Crippen LogP contribution in [0.1, 0.15) is 65.7 Å². The van der Waals surface area contributed by atoms with Crippen molar-refractivity contribution in [3.05, 3.63) is 0 Å². The van der Waals surface area contributed by atoms with E-state index >= 15 is 0 Å². The average Bonchev–Trinajstić information content (AvgIpc) is 2.81. The van der Waals surface area contributed by atoms with Gasteiger partial charge in [0.25, 0.3) is 0 Å². The fourth-order valence-corrected chi connectivity index (χ4v) is 3.85. The first-order valence-corrected chi connectivity index (χ1v) is 8.59. The van der Waals surface area contributed by atoms with E-state index in [4.69, 9.17) is 10.5 Å². The van der Waals surface area contributed by atoms with Crippen molar-refractivity contribution in [3.8, 4) is 0 Å². The Hall–Kier alpha value is -0.120. The third-order valence-electron chi connectivity index (χ3n) is 5.22. The molecule has 118 valence electrons. The number of ether oxygens (including phenoxy) is 1. The van der Waals surface area contributed by atoms with Gasteiger partial charge in [-0.1, -0.05) is 40.0 Å². The van der Waals surface area contributed by atoms with Crippen molar-refractivity contribution in [3.63, 3.8) is 0 Å². The highest BCUT2D eigenvalue weighted by atomic mass is 16.5. The maximum Gasteiger partial charge on any atom is 0.0710 e. The molecule has 2 aliphatic rings. The number of hydrogen-bond acceptors (Lipinski definition) is 3. The van der Waals surface area contributed by atoms with Gasteiger partial charge in [-0.25, -0.2) is 0 Å². The van der Waals surface area contributed by atoms with Crippen LogP contribution < -0.4 is 5.73 Å². The second-order valence-electron chi connectivity index (χ2n) is 7.72. The van der Waals surface area contributed by atoms with E-state index in [2.05, 4.69) is 25.7 Å². The minimum absolute atomic E-state index is 0.205.